The van der Waals surface area contributed by atoms with Gasteiger partial charge in [0.05, 0.1) is 17.9 Å². The van der Waals surface area contributed by atoms with Crippen molar-refractivity contribution in [2.24, 2.45) is 0 Å². The van der Waals surface area contributed by atoms with Crippen LogP contribution in [-0.4, -0.2) is 41.9 Å². The van der Waals surface area contributed by atoms with E-state index in [1.807, 2.05) is 6.07 Å². The van der Waals surface area contributed by atoms with Gasteiger partial charge in [-0.15, -0.1) is 0 Å². The Labute approximate surface area is 109 Å². The Balaban J connectivity index is 2.88. The van der Waals surface area contributed by atoms with Gasteiger partial charge in [0, 0.05) is 7.05 Å². The van der Waals surface area contributed by atoms with E-state index < -0.39 is 24.6 Å². The fourth-order valence-corrected chi connectivity index (χ4v) is 1.40. The molecular formula is C12H13N3O4. The van der Waals surface area contributed by atoms with E-state index in [-0.39, 0.29) is 5.56 Å². The molecule has 0 heterocycles. The number of aliphatic hydroxyl groups excluding tert-OH is 1. The Morgan fingerprint density at radius 1 is 1.47 bits per heavy atom. The molecule has 1 aromatic rings. The molecule has 1 aromatic carbocycles. The summed E-state index contributed by atoms with van der Waals surface area (Å²) in [7, 11) is 1.40. The molecule has 0 aliphatic rings. The maximum absolute atomic E-state index is 11.8. The summed E-state index contributed by atoms with van der Waals surface area (Å²) in [5.74, 6) is -1.34. The van der Waals surface area contributed by atoms with Crippen LogP contribution in [0.25, 0.3) is 0 Å². The van der Waals surface area contributed by atoms with Crippen molar-refractivity contribution in [2.45, 2.75) is 6.04 Å². The van der Waals surface area contributed by atoms with Crippen molar-refractivity contribution in [3.8, 4) is 6.07 Å². The Bertz CT molecular complexity index is 524. The number of nitriles is 1. The lowest BCUT2D eigenvalue weighted by Gasteiger charge is -2.21. The van der Waals surface area contributed by atoms with Crippen LogP contribution in [0.4, 0.5) is 10.5 Å². The zero-order valence-electron chi connectivity index (χ0n) is 10.2. The third-order valence-electron chi connectivity index (χ3n) is 2.47. The van der Waals surface area contributed by atoms with Crippen LogP contribution in [-0.2, 0) is 4.79 Å². The molecule has 0 aromatic heterocycles. The van der Waals surface area contributed by atoms with Crippen LogP contribution in [0, 0.1) is 11.3 Å². The number of benzene rings is 1. The van der Waals surface area contributed by atoms with Crippen molar-refractivity contribution >= 4 is 17.7 Å². The zero-order valence-corrected chi connectivity index (χ0v) is 10.2. The van der Waals surface area contributed by atoms with E-state index >= 15 is 0 Å². The van der Waals surface area contributed by atoms with Crippen molar-refractivity contribution in [1.29, 1.82) is 5.26 Å². The highest BCUT2D eigenvalue weighted by atomic mass is 16.4. The van der Waals surface area contributed by atoms with Crippen LogP contribution in [0.1, 0.15) is 5.56 Å². The lowest BCUT2D eigenvalue weighted by Crippen LogP contribution is -2.48. The molecule has 0 saturated carbocycles. The molecule has 7 heteroatoms. The Hall–Kier alpha value is -2.59. The van der Waals surface area contributed by atoms with Gasteiger partial charge in [-0.25, -0.2) is 9.59 Å². The zero-order chi connectivity index (χ0) is 14.4. The molecule has 1 atom stereocenters. The number of aliphatic carboxylic acids is 1. The Morgan fingerprint density at radius 2 is 2.11 bits per heavy atom. The normalized spacial score (nSPS) is 11.2. The maximum Gasteiger partial charge on any atom is 0.328 e. The number of hydrogen-bond donors (Lipinski definition) is 3. The number of carboxylic acid groups (broad SMARTS) is 1. The highest BCUT2D eigenvalue weighted by Crippen LogP contribution is 2.17. The predicted molar refractivity (Wildman–Crippen MR) is 66.6 cm³/mol. The highest BCUT2D eigenvalue weighted by Gasteiger charge is 2.22. The summed E-state index contributed by atoms with van der Waals surface area (Å²) in [6.07, 6.45) is 0. The van der Waals surface area contributed by atoms with Crippen molar-refractivity contribution < 1.29 is 19.8 Å². The van der Waals surface area contributed by atoms with Crippen molar-refractivity contribution in [1.82, 2.24) is 5.32 Å². The monoisotopic (exact) mass is 263 g/mol. The molecule has 0 aliphatic carbocycles. The summed E-state index contributed by atoms with van der Waals surface area (Å²) in [5, 5.41) is 28.6. The minimum atomic E-state index is -1.39. The van der Waals surface area contributed by atoms with E-state index in [0.29, 0.717) is 5.69 Å². The van der Waals surface area contributed by atoms with Gasteiger partial charge >= 0.3 is 12.0 Å². The maximum atomic E-state index is 11.8. The fourth-order valence-electron chi connectivity index (χ4n) is 1.40. The SMILES string of the molecule is CN(C(=O)NC(CO)C(=O)O)c1ccccc1C#N. The predicted octanol–water partition coefficient (Wildman–Crippen LogP) is 0.150. The first-order valence-corrected chi connectivity index (χ1v) is 5.38. The minimum absolute atomic E-state index is 0.288. The van der Waals surface area contributed by atoms with Crippen LogP contribution >= 0.6 is 0 Å². The first-order valence-electron chi connectivity index (χ1n) is 5.38. The molecule has 0 fully saturated rings. The number of carbonyl (C=O) groups is 2. The van der Waals surface area contributed by atoms with Gasteiger partial charge in [-0.3, -0.25) is 4.90 Å². The van der Waals surface area contributed by atoms with E-state index in [4.69, 9.17) is 15.5 Å². The van der Waals surface area contributed by atoms with Crippen molar-refractivity contribution in [3.63, 3.8) is 0 Å². The quantitative estimate of drug-likeness (QED) is 0.715. The first-order chi connectivity index (χ1) is 9.01. The Morgan fingerprint density at radius 3 is 2.63 bits per heavy atom. The van der Waals surface area contributed by atoms with Crippen LogP contribution < -0.4 is 10.2 Å². The molecule has 0 bridgehead atoms. The number of carbonyl (C=O) groups excluding carboxylic acids is 1. The molecular weight excluding hydrogens is 250 g/mol. The van der Waals surface area contributed by atoms with E-state index in [1.54, 1.807) is 24.3 Å². The molecule has 100 valence electrons. The van der Waals surface area contributed by atoms with E-state index in [9.17, 15) is 9.59 Å². The number of anilines is 1. The number of aliphatic hydroxyl groups is 1. The van der Waals surface area contributed by atoms with E-state index in [0.717, 1.165) is 4.90 Å². The fraction of sp³-hybridized carbons (Fsp3) is 0.250. The molecule has 1 rings (SSSR count). The number of nitrogens with zero attached hydrogens (tertiary/aromatic N) is 2. The number of rotatable bonds is 4. The third kappa shape index (κ3) is 3.43. The number of para-hydroxylation sites is 1. The molecule has 0 saturated heterocycles. The topological polar surface area (TPSA) is 114 Å². The number of nitrogens with one attached hydrogen (secondary N) is 1. The van der Waals surface area contributed by atoms with Crippen molar-refractivity contribution in [2.75, 3.05) is 18.6 Å². The molecule has 0 spiro atoms. The van der Waals surface area contributed by atoms with Gasteiger partial charge in [0.1, 0.15) is 6.07 Å². The van der Waals surface area contributed by atoms with Crippen LogP contribution in [0.2, 0.25) is 0 Å². The molecule has 0 aliphatic heterocycles. The first kappa shape index (κ1) is 14.5. The van der Waals surface area contributed by atoms with E-state index in [1.165, 1.54) is 7.05 Å². The van der Waals surface area contributed by atoms with Gasteiger partial charge in [0.2, 0.25) is 0 Å². The third-order valence-corrected chi connectivity index (χ3v) is 2.47. The summed E-state index contributed by atoms with van der Waals surface area (Å²) >= 11 is 0. The van der Waals surface area contributed by atoms with Gasteiger partial charge in [-0.05, 0) is 12.1 Å². The molecule has 2 amide bonds. The van der Waals surface area contributed by atoms with Gasteiger partial charge in [-0.1, -0.05) is 12.1 Å². The second-order valence-electron chi connectivity index (χ2n) is 3.71. The number of hydrogen-bond acceptors (Lipinski definition) is 4. The second kappa shape index (κ2) is 6.37. The van der Waals surface area contributed by atoms with Crippen LogP contribution in [0.15, 0.2) is 24.3 Å². The summed E-state index contributed by atoms with van der Waals surface area (Å²) < 4.78 is 0. The summed E-state index contributed by atoms with van der Waals surface area (Å²) in [6.45, 7) is -0.713. The van der Waals surface area contributed by atoms with Gasteiger partial charge in [0.15, 0.2) is 6.04 Å². The lowest BCUT2D eigenvalue weighted by molar-refractivity contribution is -0.140. The highest BCUT2D eigenvalue weighted by molar-refractivity contribution is 5.95. The van der Waals surface area contributed by atoms with E-state index in [2.05, 4.69) is 5.32 Å². The van der Waals surface area contributed by atoms with Gasteiger partial charge < -0.3 is 15.5 Å². The summed E-state index contributed by atoms with van der Waals surface area (Å²) in [4.78, 5) is 23.6. The Kier molecular flexibility index (Phi) is 4.85. The lowest BCUT2D eigenvalue weighted by atomic mass is 10.2. The summed E-state index contributed by atoms with van der Waals surface area (Å²) in [5.41, 5.74) is 0.639. The smallest absolute Gasteiger partial charge is 0.328 e. The minimum Gasteiger partial charge on any atom is -0.480 e. The molecule has 0 radical (unpaired) electrons. The average Bonchev–Trinajstić information content (AvgIpc) is 2.43. The van der Waals surface area contributed by atoms with Gasteiger partial charge in [0.25, 0.3) is 0 Å². The number of urea groups is 1. The average molecular weight is 263 g/mol. The summed E-state index contributed by atoms with van der Waals surface area (Å²) in [6, 6.07) is 6.24. The molecule has 1 unspecified atom stereocenters. The number of amides is 2. The van der Waals surface area contributed by atoms with Crippen LogP contribution in [0.3, 0.4) is 0 Å². The van der Waals surface area contributed by atoms with Crippen molar-refractivity contribution in [3.05, 3.63) is 29.8 Å². The van der Waals surface area contributed by atoms with Crippen LogP contribution in [0.5, 0.6) is 0 Å². The molecule has 19 heavy (non-hydrogen) atoms. The second-order valence-corrected chi connectivity index (χ2v) is 3.71. The largest absolute Gasteiger partial charge is 0.480 e. The number of carboxylic acids is 1. The molecule has 7 nitrogen and oxygen atoms in total. The molecule has 3 N–H and O–H groups in total. The van der Waals surface area contributed by atoms with Gasteiger partial charge in [-0.2, -0.15) is 5.26 Å². The standard InChI is InChI=1S/C12H13N3O4/c1-15(10-5-3-2-4-8(10)6-13)12(19)14-9(7-16)11(17)18/h2-5,9,16H,7H2,1H3,(H,14,19)(H,17,18).